The highest BCUT2D eigenvalue weighted by Gasteiger charge is 2.15. The van der Waals surface area contributed by atoms with E-state index in [9.17, 15) is 4.79 Å². The van der Waals surface area contributed by atoms with Crippen LogP contribution < -0.4 is 10.9 Å². The van der Waals surface area contributed by atoms with Gasteiger partial charge < -0.3 is 14.6 Å². The fraction of sp³-hybridized carbons (Fsp3) is 0.625. The maximum absolute atomic E-state index is 10.7. The molecule has 2 N–H and O–H groups in total. The third kappa shape index (κ3) is 2.19. The standard InChI is InChI=1S/C8H12N2O3/c11-8-4-7(13-10-8)3-6-5-12-2-1-9-6/h4,6,9H,1-3,5H2,(H,10,11). The van der Waals surface area contributed by atoms with Crippen LogP contribution in [0.15, 0.2) is 15.4 Å². The van der Waals surface area contributed by atoms with Crippen molar-refractivity contribution in [3.8, 4) is 0 Å². The summed E-state index contributed by atoms with van der Waals surface area (Å²) < 4.78 is 10.2. The zero-order chi connectivity index (χ0) is 9.10. The summed E-state index contributed by atoms with van der Waals surface area (Å²) in [6, 6.07) is 1.73. The van der Waals surface area contributed by atoms with Crippen molar-refractivity contribution in [3.63, 3.8) is 0 Å². The molecule has 0 radical (unpaired) electrons. The molecule has 1 aromatic rings. The topological polar surface area (TPSA) is 67.3 Å². The highest BCUT2D eigenvalue weighted by Crippen LogP contribution is 2.02. The van der Waals surface area contributed by atoms with Gasteiger partial charge in [0, 0.05) is 25.1 Å². The minimum atomic E-state index is -0.188. The number of H-pyrrole nitrogens is 1. The Morgan fingerprint density at radius 2 is 2.54 bits per heavy atom. The third-order valence-electron chi connectivity index (χ3n) is 2.02. The monoisotopic (exact) mass is 184 g/mol. The van der Waals surface area contributed by atoms with Crippen LogP contribution in [0.5, 0.6) is 0 Å². The largest absolute Gasteiger partial charge is 0.383 e. The van der Waals surface area contributed by atoms with E-state index in [0.717, 1.165) is 13.2 Å². The SMILES string of the molecule is O=c1cc(CC2COCCN2)o[nH]1. The second-order valence-electron chi connectivity index (χ2n) is 3.11. The summed E-state index contributed by atoms with van der Waals surface area (Å²) in [6.07, 6.45) is 0.693. The number of hydrogen-bond acceptors (Lipinski definition) is 4. The Balaban J connectivity index is 1.93. The van der Waals surface area contributed by atoms with Gasteiger partial charge in [0.15, 0.2) is 0 Å². The van der Waals surface area contributed by atoms with E-state index in [-0.39, 0.29) is 11.6 Å². The van der Waals surface area contributed by atoms with Gasteiger partial charge in [0.25, 0.3) is 5.56 Å². The first-order chi connectivity index (χ1) is 6.34. The van der Waals surface area contributed by atoms with Crippen LogP contribution in [0, 0.1) is 0 Å². The molecule has 0 saturated carbocycles. The molecule has 0 spiro atoms. The van der Waals surface area contributed by atoms with Gasteiger partial charge in [-0.1, -0.05) is 0 Å². The minimum absolute atomic E-state index is 0.188. The molecule has 2 heterocycles. The Bertz CT molecular complexity index is 311. The van der Waals surface area contributed by atoms with Crippen molar-refractivity contribution >= 4 is 0 Å². The molecule has 1 saturated heterocycles. The van der Waals surface area contributed by atoms with Crippen molar-refractivity contribution in [3.05, 3.63) is 22.2 Å². The van der Waals surface area contributed by atoms with Gasteiger partial charge in [-0.25, -0.2) is 0 Å². The first kappa shape index (κ1) is 8.52. The van der Waals surface area contributed by atoms with Gasteiger partial charge in [0.05, 0.1) is 13.2 Å². The number of hydrogen-bond donors (Lipinski definition) is 2. The number of aromatic amines is 1. The maximum atomic E-state index is 10.7. The molecule has 1 fully saturated rings. The summed E-state index contributed by atoms with van der Waals surface area (Å²) in [7, 11) is 0. The van der Waals surface area contributed by atoms with Gasteiger partial charge in [0.1, 0.15) is 5.76 Å². The molecule has 13 heavy (non-hydrogen) atoms. The summed E-state index contributed by atoms with van der Waals surface area (Å²) in [4.78, 5) is 10.7. The first-order valence-corrected chi connectivity index (χ1v) is 4.33. The molecule has 0 aliphatic carbocycles. The molecule has 1 unspecified atom stereocenters. The molecule has 5 nitrogen and oxygen atoms in total. The Morgan fingerprint density at radius 1 is 1.62 bits per heavy atom. The highest BCUT2D eigenvalue weighted by atomic mass is 16.5. The van der Waals surface area contributed by atoms with Crippen molar-refractivity contribution < 1.29 is 9.26 Å². The van der Waals surface area contributed by atoms with E-state index >= 15 is 0 Å². The van der Waals surface area contributed by atoms with E-state index < -0.39 is 0 Å². The fourth-order valence-electron chi connectivity index (χ4n) is 1.42. The molecular weight excluding hydrogens is 172 g/mol. The Labute approximate surface area is 75.0 Å². The van der Waals surface area contributed by atoms with Gasteiger partial charge in [0.2, 0.25) is 0 Å². The zero-order valence-electron chi connectivity index (χ0n) is 7.21. The molecule has 0 aromatic carbocycles. The summed E-state index contributed by atoms with van der Waals surface area (Å²) in [5.74, 6) is 0.674. The molecule has 1 aromatic heterocycles. The number of aromatic nitrogens is 1. The normalized spacial score (nSPS) is 23.2. The quantitative estimate of drug-likeness (QED) is 0.650. The molecule has 5 heteroatoms. The van der Waals surface area contributed by atoms with Gasteiger partial charge in [-0.2, -0.15) is 5.16 Å². The smallest absolute Gasteiger partial charge is 0.280 e. The predicted molar refractivity (Wildman–Crippen MR) is 45.6 cm³/mol. The van der Waals surface area contributed by atoms with Crippen LogP contribution in [0.4, 0.5) is 0 Å². The number of ether oxygens (including phenoxy) is 1. The average Bonchev–Trinajstić information content (AvgIpc) is 2.53. The maximum Gasteiger partial charge on any atom is 0.280 e. The van der Waals surface area contributed by atoms with Crippen molar-refractivity contribution in [2.75, 3.05) is 19.8 Å². The van der Waals surface area contributed by atoms with E-state index in [0.29, 0.717) is 18.8 Å². The zero-order valence-corrected chi connectivity index (χ0v) is 7.21. The fourth-order valence-corrected chi connectivity index (χ4v) is 1.42. The lowest BCUT2D eigenvalue weighted by Gasteiger charge is -2.22. The van der Waals surface area contributed by atoms with E-state index in [1.165, 1.54) is 6.07 Å². The lowest BCUT2D eigenvalue weighted by atomic mass is 10.1. The Morgan fingerprint density at radius 3 is 3.15 bits per heavy atom. The molecule has 0 amide bonds. The van der Waals surface area contributed by atoms with Crippen LogP contribution in [0.1, 0.15) is 5.76 Å². The lowest BCUT2D eigenvalue weighted by Crippen LogP contribution is -2.42. The van der Waals surface area contributed by atoms with Crippen LogP contribution in [0.25, 0.3) is 0 Å². The molecule has 0 bridgehead atoms. The Hall–Kier alpha value is -1.07. The van der Waals surface area contributed by atoms with Gasteiger partial charge >= 0.3 is 0 Å². The van der Waals surface area contributed by atoms with Crippen molar-refractivity contribution in [2.24, 2.45) is 0 Å². The van der Waals surface area contributed by atoms with Crippen LogP contribution in [0.2, 0.25) is 0 Å². The van der Waals surface area contributed by atoms with E-state index in [1.807, 2.05) is 0 Å². The van der Waals surface area contributed by atoms with Gasteiger partial charge in [-0.3, -0.25) is 4.79 Å². The Kier molecular flexibility index (Phi) is 2.47. The summed E-state index contributed by atoms with van der Waals surface area (Å²) in [6.45, 7) is 2.29. The molecular formula is C8H12N2O3. The average molecular weight is 184 g/mol. The third-order valence-corrected chi connectivity index (χ3v) is 2.02. The summed E-state index contributed by atoms with van der Waals surface area (Å²) in [5.41, 5.74) is -0.188. The second-order valence-corrected chi connectivity index (χ2v) is 3.11. The summed E-state index contributed by atoms with van der Waals surface area (Å²) >= 11 is 0. The number of rotatable bonds is 2. The van der Waals surface area contributed by atoms with Crippen LogP contribution in [-0.2, 0) is 11.2 Å². The van der Waals surface area contributed by atoms with Crippen molar-refractivity contribution in [1.82, 2.24) is 10.5 Å². The van der Waals surface area contributed by atoms with Crippen LogP contribution >= 0.6 is 0 Å². The molecule has 1 aliphatic heterocycles. The van der Waals surface area contributed by atoms with Crippen molar-refractivity contribution in [2.45, 2.75) is 12.5 Å². The van der Waals surface area contributed by atoms with Crippen LogP contribution in [0.3, 0.4) is 0 Å². The first-order valence-electron chi connectivity index (χ1n) is 4.33. The lowest BCUT2D eigenvalue weighted by molar-refractivity contribution is 0.0748. The highest BCUT2D eigenvalue weighted by molar-refractivity contribution is 4.97. The van der Waals surface area contributed by atoms with E-state index in [4.69, 9.17) is 9.26 Å². The molecule has 72 valence electrons. The molecule has 2 rings (SSSR count). The van der Waals surface area contributed by atoms with Crippen molar-refractivity contribution in [1.29, 1.82) is 0 Å². The van der Waals surface area contributed by atoms with Gasteiger partial charge in [-0.15, -0.1) is 0 Å². The predicted octanol–water partition coefficient (Wildman–Crippen LogP) is -0.501. The second kappa shape index (κ2) is 3.76. The summed E-state index contributed by atoms with van der Waals surface area (Å²) in [5, 5.41) is 5.53. The number of morpholine rings is 1. The van der Waals surface area contributed by atoms with E-state index in [2.05, 4.69) is 10.5 Å². The van der Waals surface area contributed by atoms with E-state index in [1.54, 1.807) is 0 Å². The number of nitrogens with one attached hydrogen (secondary N) is 2. The molecule has 1 aliphatic rings. The molecule has 1 atom stereocenters. The minimum Gasteiger partial charge on any atom is -0.383 e. The van der Waals surface area contributed by atoms with Crippen LogP contribution in [-0.4, -0.2) is 31.0 Å². The van der Waals surface area contributed by atoms with Gasteiger partial charge in [-0.05, 0) is 0 Å².